The monoisotopic (exact) mass is 246 g/mol. The molecular formula is C12H14N4S. The molecular weight excluding hydrogens is 232 g/mol. The molecule has 0 aromatic carbocycles. The van der Waals surface area contributed by atoms with E-state index >= 15 is 0 Å². The van der Waals surface area contributed by atoms with E-state index in [0.29, 0.717) is 0 Å². The highest BCUT2D eigenvalue weighted by Crippen LogP contribution is 2.19. The molecule has 4 nitrogen and oxygen atoms in total. The summed E-state index contributed by atoms with van der Waals surface area (Å²) in [5.74, 6) is 2.41. The van der Waals surface area contributed by atoms with Crippen LogP contribution < -0.4 is 5.32 Å². The van der Waals surface area contributed by atoms with Gasteiger partial charge in [-0.3, -0.25) is 0 Å². The number of aromatic nitrogens is 3. The minimum Gasteiger partial charge on any atom is -0.373 e. The Balaban J connectivity index is 2.06. The molecule has 0 bridgehead atoms. The zero-order chi connectivity index (χ0) is 12.1. The summed E-state index contributed by atoms with van der Waals surface area (Å²) < 4.78 is 0. The van der Waals surface area contributed by atoms with E-state index in [1.807, 2.05) is 38.2 Å². The van der Waals surface area contributed by atoms with Crippen molar-refractivity contribution in [1.82, 2.24) is 15.0 Å². The molecule has 88 valence electrons. The van der Waals surface area contributed by atoms with Gasteiger partial charge in [0.1, 0.15) is 11.6 Å². The summed E-state index contributed by atoms with van der Waals surface area (Å²) >= 11 is 1.64. The number of rotatable bonds is 4. The first-order chi connectivity index (χ1) is 8.28. The minimum atomic E-state index is 0.730. The van der Waals surface area contributed by atoms with Crippen LogP contribution in [-0.4, -0.2) is 22.0 Å². The summed E-state index contributed by atoms with van der Waals surface area (Å²) in [5.41, 5.74) is 0.973. The van der Waals surface area contributed by atoms with E-state index < -0.39 is 0 Å². The van der Waals surface area contributed by atoms with Crippen molar-refractivity contribution >= 4 is 17.6 Å². The molecule has 0 unspecified atom stereocenters. The number of hydrogen-bond donors (Lipinski definition) is 1. The van der Waals surface area contributed by atoms with Gasteiger partial charge >= 0.3 is 0 Å². The summed E-state index contributed by atoms with van der Waals surface area (Å²) in [7, 11) is 1.86. The van der Waals surface area contributed by atoms with Crippen molar-refractivity contribution in [2.45, 2.75) is 17.7 Å². The predicted molar refractivity (Wildman–Crippen MR) is 70.1 cm³/mol. The van der Waals surface area contributed by atoms with Crippen LogP contribution in [0.25, 0.3) is 0 Å². The summed E-state index contributed by atoms with van der Waals surface area (Å²) in [4.78, 5) is 13.0. The molecule has 0 aliphatic heterocycles. The van der Waals surface area contributed by atoms with Gasteiger partial charge in [0, 0.05) is 25.0 Å². The van der Waals surface area contributed by atoms with Gasteiger partial charge in [0.05, 0.1) is 10.8 Å². The summed E-state index contributed by atoms with van der Waals surface area (Å²) in [5, 5.41) is 4.02. The Hall–Kier alpha value is -1.62. The van der Waals surface area contributed by atoms with Crippen molar-refractivity contribution in [2.75, 3.05) is 12.4 Å². The fourth-order valence-corrected chi connectivity index (χ4v) is 2.11. The molecule has 0 saturated carbocycles. The normalized spacial score (nSPS) is 10.2. The third kappa shape index (κ3) is 3.42. The Bertz CT molecular complexity index is 487. The molecule has 0 fully saturated rings. The average Bonchev–Trinajstić information content (AvgIpc) is 2.37. The molecule has 17 heavy (non-hydrogen) atoms. The lowest BCUT2D eigenvalue weighted by Crippen LogP contribution is -2.00. The quantitative estimate of drug-likeness (QED) is 0.840. The van der Waals surface area contributed by atoms with Crippen LogP contribution in [0, 0.1) is 6.92 Å². The minimum absolute atomic E-state index is 0.730. The molecule has 5 heteroatoms. The van der Waals surface area contributed by atoms with Crippen LogP contribution >= 0.6 is 11.8 Å². The van der Waals surface area contributed by atoms with Crippen molar-refractivity contribution in [3.8, 4) is 0 Å². The van der Waals surface area contributed by atoms with Crippen LogP contribution in [0.1, 0.15) is 11.5 Å². The number of thioether (sulfide) groups is 1. The second-order valence-electron chi connectivity index (χ2n) is 3.52. The zero-order valence-electron chi connectivity index (χ0n) is 9.84. The molecule has 2 heterocycles. The Kier molecular flexibility index (Phi) is 3.93. The molecule has 2 rings (SSSR count). The highest BCUT2D eigenvalue weighted by atomic mass is 32.2. The smallest absolute Gasteiger partial charge is 0.141 e. The lowest BCUT2D eigenvalue weighted by molar-refractivity contribution is 0.993. The van der Waals surface area contributed by atoms with E-state index in [-0.39, 0.29) is 0 Å². The number of anilines is 1. The van der Waals surface area contributed by atoms with Crippen molar-refractivity contribution in [3.63, 3.8) is 0 Å². The second-order valence-corrected chi connectivity index (χ2v) is 4.51. The third-order valence-corrected chi connectivity index (χ3v) is 3.08. The van der Waals surface area contributed by atoms with E-state index in [1.54, 1.807) is 18.0 Å². The standard InChI is InChI=1S/C12H14N4S/c1-9-7-10(13-2)16-11(15-9)8-17-12-5-3-4-6-14-12/h3-7H,8H2,1-2H3,(H,13,15,16). The largest absolute Gasteiger partial charge is 0.373 e. The molecule has 0 amide bonds. The predicted octanol–water partition coefficient (Wildman–Crippen LogP) is 2.51. The third-order valence-electron chi connectivity index (χ3n) is 2.14. The molecule has 1 N–H and O–H groups in total. The number of nitrogens with zero attached hydrogens (tertiary/aromatic N) is 3. The Morgan fingerprint density at radius 2 is 2.18 bits per heavy atom. The van der Waals surface area contributed by atoms with Crippen molar-refractivity contribution in [3.05, 3.63) is 42.0 Å². The maximum absolute atomic E-state index is 4.40. The first-order valence-corrected chi connectivity index (χ1v) is 6.32. The Morgan fingerprint density at radius 1 is 1.29 bits per heavy atom. The lowest BCUT2D eigenvalue weighted by atomic mass is 10.4. The van der Waals surface area contributed by atoms with Crippen LogP contribution in [0.15, 0.2) is 35.5 Å². The number of aryl methyl sites for hydroxylation is 1. The maximum atomic E-state index is 4.40. The van der Waals surface area contributed by atoms with Crippen LogP contribution in [0.3, 0.4) is 0 Å². The van der Waals surface area contributed by atoms with Gasteiger partial charge < -0.3 is 5.32 Å². The van der Waals surface area contributed by atoms with E-state index in [4.69, 9.17) is 0 Å². The van der Waals surface area contributed by atoms with Gasteiger partial charge in [0.15, 0.2) is 0 Å². The van der Waals surface area contributed by atoms with Gasteiger partial charge in [-0.2, -0.15) is 0 Å². The molecule has 0 saturated heterocycles. The SMILES string of the molecule is CNc1cc(C)nc(CSc2ccccn2)n1. The molecule has 0 atom stereocenters. The van der Waals surface area contributed by atoms with E-state index in [9.17, 15) is 0 Å². The van der Waals surface area contributed by atoms with Gasteiger partial charge in [0.2, 0.25) is 0 Å². The van der Waals surface area contributed by atoms with Crippen LogP contribution in [0.2, 0.25) is 0 Å². The van der Waals surface area contributed by atoms with Crippen molar-refractivity contribution in [1.29, 1.82) is 0 Å². The molecule has 2 aromatic heterocycles. The first-order valence-electron chi connectivity index (χ1n) is 5.34. The van der Waals surface area contributed by atoms with Gasteiger partial charge in [-0.25, -0.2) is 15.0 Å². The fourth-order valence-electron chi connectivity index (χ4n) is 1.39. The van der Waals surface area contributed by atoms with Gasteiger partial charge in [-0.15, -0.1) is 0 Å². The van der Waals surface area contributed by atoms with E-state index in [2.05, 4.69) is 20.3 Å². The highest BCUT2D eigenvalue weighted by Gasteiger charge is 2.02. The molecule has 0 aliphatic carbocycles. The van der Waals surface area contributed by atoms with E-state index in [0.717, 1.165) is 28.1 Å². The molecule has 0 radical (unpaired) electrons. The van der Waals surface area contributed by atoms with Gasteiger partial charge in [0.25, 0.3) is 0 Å². The van der Waals surface area contributed by atoms with Crippen LogP contribution in [0.5, 0.6) is 0 Å². The highest BCUT2D eigenvalue weighted by molar-refractivity contribution is 7.98. The van der Waals surface area contributed by atoms with Crippen molar-refractivity contribution in [2.24, 2.45) is 0 Å². The summed E-state index contributed by atoms with van der Waals surface area (Å²) in [6, 6.07) is 7.80. The maximum Gasteiger partial charge on any atom is 0.141 e. The van der Waals surface area contributed by atoms with Crippen molar-refractivity contribution < 1.29 is 0 Å². The summed E-state index contributed by atoms with van der Waals surface area (Å²) in [6.45, 7) is 1.97. The second kappa shape index (κ2) is 5.63. The van der Waals surface area contributed by atoms with Gasteiger partial charge in [-0.1, -0.05) is 17.8 Å². The number of hydrogen-bond acceptors (Lipinski definition) is 5. The fraction of sp³-hybridized carbons (Fsp3) is 0.250. The molecule has 0 spiro atoms. The molecule has 0 aliphatic rings. The van der Waals surface area contributed by atoms with Crippen LogP contribution in [-0.2, 0) is 5.75 Å². The van der Waals surface area contributed by atoms with Gasteiger partial charge in [-0.05, 0) is 19.1 Å². The molecule has 2 aromatic rings. The topological polar surface area (TPSA) is 50.7 Å². The zero-order valence-corrected chi connectivity index (χ0v) is 10.7. The lowest BCUT2D eigenvalue weighted by Gasteiger charge is -2.04. The van der Waals surface area contributed by atoms with Crippen LogP contribution in [0.4, 0.5) is 5.82 Å². The Morgan fingerprint density at radius 3 is 2.88 bits per heavy atom. The number of pyridine rings is 1. The number of nitrogens with one attached hydrogen (secondary N) is 1. The van der Waals surface area contributed by atoms with E-state index in [1.165, 1.54) is 0 Å². The first kappa shape index (κ1) is 11.9. The Labute approximate surface area is 105 Å². The summed E-state index contributed by atoms with van der Waals surface area (Å²) in [6.07, 6.45) is 1.79. The average molecular weight is 246 g/mol.